The molecule has 0 heterocycles. The highest BCUT2D eigenvalue weighted by molar-refractivity contribution is 5.92. The number of aryl methyl sites for hydroxylation is 1. The lowest BCUT2D eigenvalue weighted by Gasteiger charge is -2.33. The van der Waals surface area contributed by atoms with E-state index in [1.165, 1.54) is 7.05 Å². The van der Waals surface area contributed by atoms with Crippen molar-refractivity contribution in [2.75, 3.05) is 13.7 Å². The number of aliphatic hydroxyl groups is 1. The summed E-state index contributed by atoms with van der Waals surface area (Å²) in [4.78, 5) is 39.9. The fourth-order valence-electron chi connectivity index (χ4n) is 3.96. The molecule has 1 fully saturated rings. The monoisotopic (exact) mass is 463 g/mol. The molecule has 1 saturated carbocycles. The van der Waals surface area contributed by atoms with Crippen LogP contribution >= 0.6 is 0 Å². The number of nitrogens with zero attached hydrogens (tertiary/aromatic N) is 1. The average Bonchev–Trinajstić information content (AvgIpc) is 2.74. The second-order valence-electron chi connectivity index (χ2n) is 9.59. The number of benzene rings is 1. The van der Waals surface area contributed by atoms with Crippen molar-refractivity contribution in [3.05, 3.63) is 29.3 Å². The van der Waals surface area contributed by atoms with Gasteiger partial charge in [-0.25, -0.2) is 4.79 Å². The van der Waals surface area contributed by atoms with Crippen molar-refractivity contribution in [3.8, 4) is 5.75 Å². The summed E-state index contributed by atoms with van der Waals surface area (Å²) in [5.74, 6) is -1.19. The summed E-state index contributed by atoms with van der Waals surface area (Å²) in [5, 5.41) is 25.8. The zero-order chi connectivity index (χ0) is 24.8. The number of hydrogen-bond donors (Lipinski definition) is 4. The molecule has 2 rings (SSSR count). The minimum absolute atomic E-state index is 0.00210. The third-order valence-corrected chi connectivity index (χ3v) is 5.67. The number of phenols is 1. The van der Waals surface area contributed by atoms with Gasteiger partial charge in [-0.15, -0.1) is 0 Å². The number of hydrogen-bond acceptors (Lipinski definition) is 6. The lowest BCUT2D eigenvalue weighted by atomic mass is 9.94. The second-order valence-corrected chi connectivity index (χ2v) is 9.59. The molecule has 4 N–H and O–H groups in total. The minimum Gasteiger partial charge on any atom is -0.507 e. The van der Waals surface area contributed by atoms with Crippen molar-refractivity contribution in [2.24, 2.45) is 0 Å². The predicted octanol–water partition coefficient (Wildman–Crippen LogP) is 2.53. The number of likely N-dealkylation sites (N-methyl/N-ethyl adjacent to an activating group) is 1. The fraction of sp³-hybridized carbons (Fsp3) is 0.625. The number of amides is 3. The molecule has 1 aliphatic rings. The lowest BCUT2D eigenvalue weighted by Crippen LogP contribution is -2.53. The van der Waals surface area contributed by atoms with E-state index in [9.17, 15) is 24.6 Å². The molecule has 9 nitrogen and oxygen atoms in total. The maximum atomic E-state index is 13.4. The van der Waals surface area contributed by atoms with E-state index in [2.05, 4.69) is 10.6 Å². The Labute approximate surface area is 195 Å². The molecular weight excluding hydrogens is 426 g/mol. The number of alkyl carbamates (subject to hydrolysis) is 1. The van der Waals surface area contributed by atoms with Crippen LogP contribution in [0, 0.1) is 6.92 Å². The topological polar surface area (TPSA) is 128 Å². The Morgan fingerprint density at radius 1 is 1.18 bits per heavy atom. The van der Waals surface area contributed by atoms with Crippen LogP contribution in [0.3, 0.4) is 0 Å². The van der Waals surface area contributed by atoms with Crippen molar-refractivity contribution < 1.29 is 29.3 Å². The van der Waals surface area contributed by atoms with E-state index in [4.69, 9.17) is 4.74 Å². The molecular formula is C24H37N3O6. The molecule has 33 heavy (non-hydrogen) atoms. The van der Waals surface area contributed by atoms with Gasteiger partial charge >= 0.3 is 6.09 Å². The van der Waals surface area contributed by atoms with Gasteiger partial charge in [-0.2, -0.15) is 0 Å². The van der Waals surface area contributed by atoms with Crippen LogP contribution in [-0.2, 0) is 14.3 Å². The predicted molar refractivity (Wildman–Crippen MR) is 124 cm³/mol. The van der Waals surface area contributed by atoms with Crippen molar-refractivity contribution in [1.82, 2.24) is 15.5 Å². The molecule has 0 spiro atoms. The van der Waals surface area contributed by atoms with Gasteiger partial charge in [-0.1, -0.05) is 37.5 Å². The summed E-state index contributed by atoms with van der Waals surface area (Å²) >= 11 is 0. The van der Waals surface area contributed by atoms with Crippen molar-refractivity contribution in [2.45, 2.75) is 83.5 Å². The van der Waals surface area contributed by atoms with Gasteiger partial charge in [0.25, 0.3) is 0 Å². The van der Waals surface area contributed by atoms with Crippen LogP contribution in [0.1, 0.15) is 70.0 Å². The summed E-state index contributed by atoms with van der Waals surface area (Å²) in [5.41, 5.74) is 0.0527. The Morgan fingerprint density at radius 3 is 2.39 bits per heavy atom. The maximum absolute atomic E-state index is 13.4. The van der Waals surface area contributed by atoms with Crippen LogP contribution < -0.4 is 10.6 Å². The number of nitrogens with one attached hydrogen (secondary N) is 2. The average molecular weight is 464 g/mol. The Kier molecular flexibility index (Phi) is 9.10. The molecule has 2 unspecified atom stereocenters. The van der Waals surface area contributed by atoms with E-state index in [0.29, 0.717) is 5.56 Å². The third kappa shape index (κ3) is 7.35. The van der Waals surface area contributed by atoms with E-state index in [-0.39, 0.29) is 17.4 Å². The van der Waals surface area contributed by atoms with E-state index in [1.54, 1.807) is 45.9 Å². The highest BCUT2D eigenvalue weighted by Crippen LogP contribution is 2.32. The summed E-state index contributed by atoms with van der Waals surface area (Å²) in [6, 6.07) is 2.53. The largest absolute Gasteiger partial charge is 0.507 e. The first-order chi connectivity index (χ1) is 15.4. The smallest absolute Gasteiger partial charge is 0.408 e. The molecule has 0 saturated heterocycles. The Hall–Kier alpha value is -2.81. The molecule has 1 aromatic rings. The number of aromatic hydroxyl groups is 1. The third-order valence-electron chi connectivity index (χ3n) is 5.67. The number of phenolic OH excluding ortho intramolecular Hbond substituents is 1. The number of carbonyl (C=O) groups is 3. The number of para-hydroxylation sites is 1. The SMILES string of the molecule is Cc1cccc(C(C(=O)NC2CCCCC2)N(C)C(=O)C(CO)NC(=O)OC(C)(C)C)c1O. The van der Waals surface area contributed by atoms with Crippen LogP contribution in [0.25, 0.3) is 0 Å². The molecule has 0 radical (unpaired) electrons. The quantitative estimate of drug-likeness (QED) is 0.492. The van der Waals surface area contributed by atoms with Gasteiger partial charge in [0.05, 0.1) is 6.61 Å². The van der Waals surface area contributed by atoms with E-state index < -0.39 is 42.2 Å². The van der Waals surface area contributed by atoms with E-state index >= 15 is 0 Å². The van der Waals surface area contributed by atoms with Crippen LogP contribution in [0.4, 0.5) is 4.79 Å². The Balaban J connectivity index is 2.30. The number of carbonyl (C=O) groups excluding carboxylic acids is 3. The summed E-state index contributed by atoms with van der Waals surface area (Å²) < 4.78 is 5.18. The number of aliphatic hydroxyl groups excluding tert-OH is 1. The van der Waals surface area contributed by atoms with Gasteiger partial charge in [0.2, 0.25) is 11.8 Å². The number of rotatable bonds is 7. The highest BCUT2D eigenvalue weighted by Gasteiger charge is 2.36. The molecule has 3 amide bonds. The van der Waals surface area contributed by atoms with E-state index in [1.807, 2.05) is 0 Å². The molecule has 2 atom stereocenters. The molecule has 0 aliphatic heterocycles. The van der Waals surface area contributed by atoms with Crippen molar-refractivity contribution in [1.29, 1.82) is 0 Å². The molecule has 1 aromatic carbocycles. The second kappa shape index (κ2) is 11.4. The lowest BCUT2D eigenvalue weighted by molar-refractivity contribution is -0.142. The van der Waals surface area contributed by atoms with Crippen molar-refractivity contribution >= 4 is 17.9 Å². The maximum Gasteiger partial charge on any atom is 0.408 e. The van der Waals surface area contributed by atoms with Gasteiger partial charge in [0, 0.05) is 18.7 Å². The van der Waals surface area contributed by atoms with Crippen LogP contribution in [-0.4, -0.2) is 64.4 Å². The van der Waals surface area contributed by atoms with Gasteiger partial charge in [-0.3, -0.25) is 9.59 Å². The normalized spacial score (nSPS) is 16.4. The molecule has 0 aromatic heterocycles. The first kappa shape index (κ1) is 26.4. The van der Waals surface area contributed by atoms with Gasteiger partial charge < -0.3 is 30.5 Å². The first-order valence-corrected chi connectivity index (χ1v) is 11.4. The van der Waals surface area contributed by atoms with Crippen LogP contribution in [0.5, 0.6) is 5.75 Å². The molecule has 9 heteroatoms. The molecule has 0 bridgehead atoms. The highest BCUT2D eigenvalue weighted by atomic mass is 16.6. The van der Waals surface area contributed by atoms with E-state index in [0.717, 1.165) is 37.0 Å². The number of ether oxygens (including phenoxy) is 1. The van der Waals surface area contributed by atoms with Crippen LogP contribution in [0.2, 0.25) is 0 Å². The fourth-order valence-corrected chi connectivity index (χ4v) is 3.96. The Morgan fingerprint density at radius 2 is 1.82 bits per heavy atom. The zero-order valence-electron chi connectivity index (χ0n) is 20.2. The zero-order valence-corrected chi connectivity index (χ0v) is 20.2. The summed E-state index contributed by atoms with van der Waals surface area (Å²) in [6.07, 6.45) is 4.02. The molecule has 184 valence electrons. The Bertz CT molecular complexity index is 845. The van der Waals surface area contributed by atoms with Gasteiger partial charge in [0.15, 0.2) is 0 Å². The van der Waals surface area contributed by atoms with Crippen molar-refractivity contribution in [3.63, 3.8) is 0 Å². The summed E-state index contributed by atoms with van der Waals surface area (Å²) in [7, 11) is 1.41. The molecule has 1 aliphatic carbocycles. The first-order valence-electron chi connectivity index (χ1n) is 11.4. The standard InChI is InChI=1S/C24H37N3O6/c1-15-10-9-13-17(20(15)29)19(21(30)25-16-11-7-6-8-12-16)27(5)22(31)18(14-28)26-23(32)33-24(2,3)4/h9-10,13,16,18-19,28-29H,6-8,11-12,14H2,1-5H3,(H,25,30)(H,26,32). The minimum atomic E-state index is -1.32. The van der Waals surface area contributed by atoms with Crippen LogP contribution in [0.15, 0.2) is 18.2 Å². The summed E-state index contributed by atoms with van der Waals surface area (Å²) in [6.45, 7) is 6.07. The van der Waals surface area contributed by atoms with Gasteiger partial charge in [-0.05, 0) is 46.1 Å². The van der Waals surface area contributed by atoms with Gasteiger partial charge in [0.1, 0.15) is 23.4 Å².